The minimum absolute atomic E-state index is 0.643. The first-order valence-electron chi connectivity index (χ1n) is 21.3. The molecule has 0 amide bonds. The highest BCUT2D eigenvalue weighted by Crippen LogP contribution is 2.54. The van der Waals surface area contributed by atoms with Gasteiger partial charge in [-0.3, -0.25) is 0 Å². The van der Waals surface area contributed by atoms with E-state index < -0.39 is 20.7 Å². The molecule has 4 heterocycles. The predicted octanol–water partition coefficient (Wildman–Crippen LogP) is 15.1. The fourth-order valence-electron chi connectivity index (χ4n) is 7.61. The second-order valence-electron chi connectivity index (χ2n) is 19.2. The minimum Gasteiger partial charge on any atom is -0.456 e. The van der Waals surface area contributed by atoms with E-state index in [1.54, 1.807) is 0 Å². The quantitative estimate of drug-likeness (QED) is 0.123. The summed E-state index contributed by atoms with van der Waals surface area (Å²) in [5.74, 6) is 6.02. The Morgan fingerprint density at radius 1 is 0.365 bits per heavy atom. The highest BCUT2D eigenvalue weighted by Gasteiger charge is 2.29. The van der Waals surface area contributed by atoms with Crippen molar-refractivity contribution in [3.8, 4) is 23.0 Å². The highest BCUT2D eigenvalue weighted by molar-refractivity contribution is 7.79. The molecule has 0 saturated carbocycles. The van der Waals surface area contributed by atoms with Crippen molar-refractivity contribution in [2.24, 2.45) is 4.99 Å². The van der Waals surface area contributed by atoms with Crippen molar-refractivity contribution in [3.63, 3.8) is 0 Å². The van der Waals surface area contributed by atoms with Crippen LogP contribution in [0.4, 0.5) is 5.88 Å². The third kappa shape index (κ3) is 11.1. The number of rotatable bonds is 6. The number of furan rings is 3. The molecule has 0 radical (unpaired) electrons. The number of aliphatic imine (C=N–C) groups is 1. The lowest BCUT2D eigenvalue weighted by molar-refractivity contribution is 0.350. The van der Waals surface area contributed by atoms with Crippen LogP contribution in [-0.2, 0) is 0 Å². The Labute approximate surface area is 382 Å². The van der Waals surface area contributed by atoms with Gasteiger partial charge in [-0.25, -0.2) is 4.99 Å². The third-order valence-corrected chi connectivity index (χ3v) is 16.9. The van der Waals surface area contributed by atoms with Gasteiger partial charge in [0.15, 0.2) is 23.0 Å². The number of ether oxygens (including phenoxy) is 2. The van der Waals surface area contributed by atoms with Crippen molar-refractivity contribution in [3.05, 3.63) is 103 Å². The summed E-state index contributed by atoms with van der Waals surface area (Å²) in [4.78, 5) is 3.84. The van der Waals surface area contributed by atoms with Crippen LogP contribution in [0.3, 0.4) is 0 Å². The zero-order valence-corrected chi connectivity index (χ0v) is 45.8. The van der Waals surface area contributed by atoms with Gasteiger partial charge in [-0.05, 0) is 235 Å². The van der Waals surface area contributed by atoms with E-state index in [-0.39, 0.29) is 0 Å². The molecule has 0 saturated heterocycles. The van der Waals surface area contributed by atoms with Gasteiger partial charge in [0.25, 0.3) is 0 Å². The van der Waals surface area contributed by atoms with E-state index in [1.165, 1.54) is 72.3 Å². The Hall–Kier alpha value is -4.07. The van der Waals surface area contributed by atoms with Crippen molar-refractivity contribution in [2.75, 3.05) is 40.0 Å². The Balaban J connectivity index is 0.000000230. The third-order valence-electron chi connectivity index (χ3n) is 12.4. The molecular weight excluding hydrogens is 836 g/mol. The largest absolute Gasteiger partial charge is 0.456 e. The van der Waals surface area contributed by atoms with Crippen molar-refractivity contribution in [1.29, 1.82) is 0 Å². The van der Waals surface area contributed by atoms with Crippen LogP contribution >= 0.6 is 20.7 Å². The van der Waals surface area contributed by atoms with E-state index in [2.05, 4.69) is 174 Å². The second kappa shape index (κ2) is 19.6. The molecule has 0 fully saturated rings. The fourth-order valence-corrected chi connectivity index (χ4v) is 11.8. The molecule has 0 N–H and O–H groups in total. The lowest BCUT2D eigenvalue weighted by Crippen LogP contribution is -2.09. The van der Waals surface area contributed by atoms with Crippen LogP contribution in [-0.4, -0.2) is 65.6 Å². The molecule has 0 spiro atoms. The first-order chi connectivity index (χ1) is 28.6. The Morgan fingerprint density at radius 2 is 0.603 bits per heavy atom. The minimum atomic E-state index is -1.33. The average Bonchev–Trinajstić information content (AvgIpc) is 3.79. The summed E-state index contributed by atoms with van der Waals surface area (Å²) >= 11 is 0. The smallest absolute Gasteiger partial charge is 0.221 e. The summed E-state index contributed by atoms with van der Waals surface area (Å²) in [6.45, 7) is 53.7. The standard InChI is InChI=1S/C20H24O2.2C12H19OP.C10H16NOP/c1-9-10(2)14(6)18-17(13(9)5)21-19-15(7)11(3)12(4)16(8)20(19)22-18;2*1-8(2)11-9(3)10(4)12(13-11)14(5,6)7;1-7-8(2)10(13(4,5)6)12-9(7)11-3/h1-8H3;2*1,5H2,2-4,6-7H3;3-4H2,1-2,5-6H3. The molecule has 3 aromatic heterocycles. The lowest BCUT2D eigenvalue weighted by atomic mass is 9.94. The number of allylic oxidation sites excluding steroid dienone is 2. The SMILES string of the molecule is C=C(C)c1oc(P(=C)(C)C)c(C)c1C.C=C(C)c1oc(P(=C)(C)C)c(C)c1C.C=Nc1oc(P(=C)(C)C)c(C)c1C.Cc1c(C)c(C)c2c(c1C)Oc1c(C)c(C)c(C)c(C)c1O2. The first-order valence-corrected chi connectivity index (χ1v) is 29.9. The molecule has 5 aromatic rings. The predicted molar refractivity (Wildman–Crippen MR) is 291 cm³/mol. The zero-order valence-electron chi connectivity index (χ0n) is 43.1. The van der Waals surface area contributed by atoms with Crippen molar-refractivity contribution in [1.82, 2.24) is 0 Å². The first kappa shape index (κ1) is 53.3. The van der Waals surface area contributed by atoms with Gasteiger partial charge in [-0.2, -0.15) is 0 Å². The maximum Gasteiger partial charge on any atom is 0.221 e. The van der Waals surface area contributed by atoms with Crippen LogP contribution in [0.2, 0.25) is 0 Å². The molecule has 63 heavy (non-hydrogen) atoms. The van der Waals surface area contributed by atoms with E-state index >= 15 is 0 Å². The van der Waals surface area contributed by atoms with Gasteiger partial charge in [0, 0.05) is 11.1 Å². The van der Waals surface area contributed by atoms with Gasteiger partial charge in [0.05, 0.1) is 0 Å². The topological polar surface area (TPSA) is 70.2 Å². The van der Waals surface area contributed by atoms with Gasteiger partial charge in [-0.1, -0.05) is 52.7 Å². The van der Waals surface area contributed by atoms with Crippen LogP contribution in [0.15, 0.2) is 31.4 Å². The Bertz CT molecular complexity index is 2560. The fraction of sp³-hybridized carbons (Fsp3) is 0.407. The van der Waals surface area contributed by atoms with Crippen LogP contribution in [0.1, 0.15) is 103 Å². The molecule has 1 aliphatic heterocycles. The van der Waals surface area contributed by atoms with Crippen LogP contribution in [0.5, 0.6) is 23.0 Å². The molecule has 1 aliphatic rings. The van der Waals surface area contributed by atoms with Crippen LogP contribution in [0.25, 0.3) is 11.1 Å². The number of benzene rings is 2. The molecule has 0 unspecified atom stereocenters. The summed E-state index contributed by atoms with van der Waals surface area (Å²) in [7, 11) is 0. The van der Waals surface area contributed by atoms with Crippen molar-refractivity contribution < 1.29 is 22.7 Å². The molecule has 6 rings (SSSR count). The van der Waals surface area contributed by atoms with Gasteiger partial charge in [0.2, 0.25) is 5.88 Å². The van der Waals surface area contributed by atoms with E-state index in [1.807, 2.05) is 20.8 Å². The van der Waals surface area contributed by atoms with Gasteiger partial charge < -0.3 is 22.7 Å². The zero-order chi connectivity index (χ0) is 48.8. The summed E-state index contributed by atoms with van der Waals surface area (Å²) in [5.41, 5.74) is 22.1. The molecule has 0 bridgehead atoms. The van der Waals surface area contributed by atoms with Crippen LogP contribution in [0, 0.1) is 96.9 Å². The Morgan fingerprint density at radius 3 is 0.762 bits per heavy atom. The maximum atomic E-state index is 6.35. The van der Waals surface area contributed by atoms with Crippen molar-refractivity contribution >= 4 is 79.8 Å². The average molecular weight is 914 g/mol. The normalized spacial score (nSPS) is 12.0. The summed E-state index contributed by atoms with van der Waals surface area (Å²) in [6, 6.07) is 0. The summed E-state index contributed by atoms with van der Waals surface area (Å²) in [6.07, 6.45) is 12.6. The monoisotopic (exact) mass is 914 g/mol. The van der Waals surface area contributed by atoms with Gasteiger partial charge in [-0.15, -0.1) is 0 Å². The van der Waals surface area contributed by atoms with Gasteiger partial charge >= 0.3 is 0 Å². The number of hydrogen-bond acceptors (Lipinski definition) is 6. The van der Waals surface area contributed by atoms with E-state index in [0.29, 0.717) is 5.88 Å². The van der Waals surface area contributed by atoms with Crippen LogP contribution < -0.4 is 26.0 Å². The lowest BCUT2D eigenvalue weighted by Gasteiger charge is -2.29. The summed E-state index contributed by atoms with van der Waals surface area (Å²) < 4.78 is 30.0. The van der Waals surface area contributed by atoms with Crippen molar-refractivity contribution in [2.45, 2.75) is 111 Å². The number of fused-ring (bicyclic) bond motifs is 2. The Kier molecular flexibility index (Phi) is 16.6. The molecular formula is C54H78NO5P3. The molecule has 0 aliphatic carbocycles. The summed E-state index contributed by atoms with van der Waals surface area (Å²) in [5, 5.41) is 0. The number of nitrogens with zero attached hydrogens (tertiary/aromatic N) is 1. The highest BCUT2D eigenvalue weighted by atomic mass is 31.2. The molecule has 0 atom stereocenters. The molecule has 9 heteroatoms. The maximum absolute atomic E-state index is 6.35. The molecule has 2 aromatic carbocycles. The second-order valence-corrected chi connectivity index (χ2v) is 30.6. The molecule has 6 nitrogen and oxygen atoms in total. The van der Waals surface area contributed by atoms with Gasteiger partial charge in [0.1, 0.15) is 28.0 Å². The van der Waals surface area contributed by atoms with E-state index in [0.717, 1.165) is 67.7 Å². The van der Waals surface area contributed by atoms with E-state index in [9.17, 15) is 0 Å². The number of hydrogen-bond donors (Lipinski definition) is 0. The molecule has 344 valence electrons. The van der Waals surface area contributed by atoms with E-state index in [4.69, 9.17) is 22.7 Å².